The van der Waals surface area contributed by atoms with Crippen LogP contribution in [-0.2, 0) is 12.6 Å². The highest BCUT2D eigenvalue weighted by Gasteiger charge is 2.39. The second-order valence-electron chi connectivity index (χ2n) is 4.80. The first-order valence-electron chi connectivity index (χ1n) is 5.89. The second-order valence-corrected chi connectivity index (χ2v) is 4.80. The minimum Gasteiger partial charge on any atom is -0.334 e. The minimum atomic E-state index is -0.428. The molecule has 2 aromatic heterocycles. The fourth-order valence-corrected chi connectivity index (χ4v) is 2.04. The van der Waals surface area contributed by atoms with Crippen molar-refractivity contribution in [1.82, 2.24) is 14.7 Å². The molecule has 2 heterocycles. The van der Waals surface area contributed by atoms with Crippen LogP contribution < -0.4 is 11.3 Å². The second kappa shape index (κ2) is 3.78. The summed E-state index contributed by atoms with van der Waals surface area (Å²) in [5, 5.41) is 3.94. The zero-order valence-corrected chi connectivity index (χ0v) is 10.1. The van der Waals surface area contributed by atoms with Crippen molar-refractivity contribution < 1.29 is 4.52 Å². The van der Waals surface area contributed by atoms with E-state index in [4.69, 9.17) is 10.3 Å². The van der Waals surface area contributed by atoms with E-state index in [-0.39, 0.29) is 5.56 Å². The Kier molecular flexibility index (Phi) is 2.34. The van der Waals surface area contributed by atoms with Crippen LogP contribution in [0.5, 0.6) is 0 Å². The summed E-state index contributed by atoms with van der Waals surface area (Å²) in [6.45, 7) is 0. The van der Waals surface area contributed by atoms with Gasteiger partial charge in [0.05, 0.1) is 11.1 Å². The fourth-order valence-electron chi connectivity index (χ4n) is 2.04. The zero-order valence-electron chi connectivity index (χ0n) is 10.1. The van der Waals surface area contributed by atoms with Crippen LogP contribution in [0.2, 0.25) is 0 Å². The molecule has 6 nitrogen and oxygen atoms in total. The normalized spacial score (nSPS) is 17.4. The topological polar surface area (TPSA) is 86.9 Å². The first-order chi connectivity index (χ1) is 8.58. The van der Waals surface area contributed by atoms with E-state index in [2.05, 4.69) is 10.1 Å². The molecule has 0 atom stereocenters. The molecule has 0 aromatic carbocycles. The maximum Gasteiger partial charge on any atom is 0.259 e. The van der Waals surface area contributed by atoms with E-state index in [0.29, 0.717) is 11.7 Å². The van der Waals surface area contributed by atoms with Crippen molar-refractivity contribution in [2.45, 2.75) is 24.8 Å². The van der Waals surface area contributed by atoms with E-state index in [1.807, 2.05) is 0 Å². The standard InChI is InChI=1S/C12H14N4O2/c1-16-7-8(3-4-9(16)17)10-14-11(15-18-10)12(13)5-2-6-12/h3-4,7H,2,5-6,13H2,1H3. The van der Waals surface area contributed by atoms with E-state index in [0.717, 1.165) is 24.8 Å². The van der Waals surface area contributed by atoms with Crippen LogP contribution in [0.15, 0.2) is 27.6 Å². The van der Waals surface area contributed by atoms with Crippen molar-refractivity contribution >= 4 is 0 Å². The number of aromatic nitrogens is 3. The van der Waals surface area contributed by atoms with E-state index >= 15 is 0 Å². The highest BCUT2D eigenvalue weighted by molar-refractivity contribution is 5.50. The Morgan fingerprint density at radius 2 is 2.22 bits per heavy atom. The van der Waals surface area contributed by atoms with Gasteiger partial charge in [0.25, 0.3) is 5.89 Å². The molecule has 0 amide bonds. The van der Waals surface area contributed by atoms with Crippen LogP contribution in [0, 0.1) is 0 Å². The number of hydrogen-bond acceptors (Lipinski definition) is 5. The molecule has 1 aliphatic rings. The SMILES string of the molecule is Cn1cc(-c2nc(C3(N)CCC3)no2)ccc1=O. The van der Waals surface area contributed by atoms with Gasteiger partial charge >= 0.3 is 0 Å². The first-order valence-corrected chi connectivity index (χ1v) is 5.89. The van der Waals surface area contributed by atoms with Gasteiger partial charge in [-0.05, 0) is 25.3 Å². The third-order valence-electron chi connectivity index (χ3n) is 3.45. The van der Waals surface area contributed by atoms with Crippen molar-refractivity contribution in [3.8, 4) is 11.5 Å². The molecule has 1 saturated carbocycles. The number of aryl methyl sites for hydroxylation is 1. The molecule has 1 aliphatic carbocycles. The number of nitrogens with zero attached hydrogens (tertiary/aromatic N) is 3. The van der Waals surface area contributed by atoms with Crippen LogP contribution in [0.3, 0.4) is 0 Å². The van der Waals surface area contributed by atoms with Gasteiger partial charge in [0.15, 0.2) is 5.82 Å². The highest BCUT2D eigenvalue weighted by Crippen LogP contribution is 2.37. The number of nitrogens with two attached hydrogens (primary N) is 1. The molecule has 2 aromatic rings. The Labute approximate surface area is 103 Å². The van der Waals surface area contributed by atoms with Crippen molar-refractivity contribution in [3.63, 3.8) is 0 Å². The lowest BCUT2D eigenvalue weighted by molar-refractivity contribution is 0.229. The molecule has 6 heteroatoms. The molecule has 18 heavy (non-hydrogen) atoms. The minimum absolute atomic E-state index is 0.0761. The van der Waals surface area contributed by atoms with Crippen molar-refractivity contribution in [2.75, 3.05) is 0 Å². The van der Waals surface area contributed by atoms with Crippen LogP contribution in [0.25, 0.3) is 11.5 Å². The summed E-state index contributed by atoms with van der Waals surface area (Å²) in [5.41, 5.74) is 6.35. The lowest BCUT2D eigenvalue weighted by Gasteiger charge is -2.34. The summed E-state index contributed by atoms with van der Waals surface area (Å²) in [7, 11) is 1.68. The Morgan fingerprint density at radius 1 is 1.44 bits per heavy atom. The molecular formula is C12H14N4O2. The Morgan fingerprint density at radius 3 is 2.83 bits per heavy atom. The van der Waals surface area contributed by atoms with Crippen molar-refractivity contribution in [2.24, 2.45) is 12.8 Å². The van der Waals surface area contributed by atoms with E-state index in [1.165, 1.54) is 10.6 Å². The van der Waals surface area contributed by atoms with Crippen molar-refractivity contribution in [3.05, 3.63) is 34.5 Å². The highest BCUT2D eigenvalue weighted by atomic mass is 16.5. The molecule has 2 N–H and O–H groups in total. The molecular weight excluding hydrogens is 232 g/mol. The molecule has 0 aliphatic heterocycles. The predicted octanol–water partition coefficient (Wildman–Crippen LogP) is 0.773. The van der Waals surface area contributed by atoms with Gasteiger partial charge in [-0.15, -0.1) is 0 Å². The van der Waals surface area contributed by atoms with Gasteiger partial charge in [0, 0.05) is 19.3 Å². The third kappa shape index (κ3) is 1.65. The predicted molar refractivity (Wildman–Crippen MR) is 64.7 cm³/mol. The lowest BCUT2D eigenvalue weighted by Crippen LogP contribution is -2.44. The monoisotopic (exact) mass is 246 g/mol. The molecule has 0 radical (unpaired) electrons. The van der Waals surface area contributed by atoms with Gasteiger partial charge < -0.3 is 14.8 Å². The summed E-state index contributed by atoms with van der Waals surface area (Å²) in [4.78, 5) is 15.6. The maximum absolute atomic E-state index is 11.3. The first kappa shape index (κ1) is 11.2. The molecule has 0 saturated heterocycles. The van der Waals surface area contributed by atoms with Gasteiger partial charge in [0.2, 0.25) is 5.56 Å². The van der Waals surface area contributed by atoms with Gasteiger partial charge in [-0.1, -0.05) is 5.16 Å². The smallest absolute Gasteiger partial charge is 0.259 e. The Bertz CT molecular complexity index is 640. The van der Waals surface area contributed by atoms with Gasteiger partial charge in [-0.2, -0.15) is 4.98 Å². The molecule has 1 fully saturated rings. The molecule has 94 valence electrons. The van der Waals surface area contributed by atoms with E-state index in [1.54, 1.807) is 19.3 Å². The summed E-state index contributed by atoms with van der Waals surface area (Å²) in [6.07, 6.45) is 4.54. The molecule has 0 unspecified atom stereocenters. The zero-order chi connectivity index (χ0) is 12.8. The van der Waals surface area contributed by atoms with Crippen LogP contribution in [0.1, 0.15) is 25.1 Å². The van der Waals surface area contributed by atoms with E-state index in [9.17, 15) is 4.79 Å². The van der Waals surface area contributed by atoms with Crippen LogP contribution >= 0.6 is 0 Å². The van der Waals surface area contributed by atoms with Crippen molar-refractivity contribution in [1.29, 1.82) is 0 Å². The average Bonchev–Trinajstić information content (AvgIpc) is 2.79. The largest absolute Gasteiger partial charge is 0.334 e. The number of hydrogen-bond donors (Lipinski definition) is 1. The Balaban J connectivity index is 1.97. The average molecular weight is 246 g/mol. The van der Waals surface area contributed by atoms with Gasteiger partial charge in [0.1, 0.15) is 0 Å². The third-order valence-corrected chi connectivity index (χ3v) is 3.45. The van der Waals surface area contributed by atoms with Gasteiger partial charge in [-0.25, -0.2) is 0 Å². The van der Waals surface area contributed by atoms with Crippen LogP contribution in [-0.4, -0.2) is 14.7 Å². The summed E-state index contributed by atoms with van der Waals surface area (Å²) < 4.78 is 6.68. The Hall–Kier alpha value is -1.95. The summed E-state index contributed by atoms with van der Waals surface area (Å²) in [6, 6.07) is 3.14. The quantitative estimate of drug-likeness (QED) is 0.845. The molecule has 3 rings (SSSR count). The van der Waals surface area contributed by atoms with E-state index < -0.39 is 5.54 Å². The molecule has 0 bridgehead atoms. The number of rotatable bonds is 2. The lowest BCUT2D eigenvalue weighted by atomic mass is 9.77. The molecule has 0 spiro atoms. The summed E-state index contributed by atoms with van der Waals surface area (Å²) >= 11 is 0. The van der Waals surface area contributed by atoms with Crippen LogP contribution in [0.4, 0.5) is 0 Å². The fraction of sp³-hybridized carbons (Fsp3) is 0.417. The number of pyridine rings is 1. The maximum atomic E-state index is 11.3. The van der Waals surface area contributed by atoms with Gasteiger partial charge in [-0.3, -0.25) is 4.79 Å². The summed E-state index contributed by atoms with van der Waals surface area (Å²) in [5.74, 6) is 0.954.